The number of halogens is 1. The molecule has 0 bridgehead atoms. The molecule has 0 aliphatic heterocycles. The molecule has 4 rings (SSSR count). The van der Waals surface area contributed by atoms with Gasteiger partial charge in [-0.1, -0.05) is 18.2 Å². The third-order valence-electron chi connectivity index (χ3n) is 3.47. The van der Waals surface area contributed by atoms with E-state index in [4.69, 9.17) is 10.2 Å². The normalized spacial score (nSPS) is 11.2. The fraction of sp³-hybridized carbons (Fsp3) is 0.0625. The molecule has 0 aliphatic rings. The number of aromatic nitrogens is 4. The molecule has 3 heterocycles. The standard InChI is InChI=1S/C16H12FN5O/c17-11-5-2-1-4-10(11)8-14-19-15-9-12(13-6-3-7-23-13)21-22(15)16(18)20-14/h1-7,9H,8H2,(H2,18,19,20). The summed E-state index contributed by atoms with van der Waals surface area (Å²) in [5.41, 5.74) is 7.60. The molecule has 0 fully saturated rings. The number of hydrogen-bond acceptors (Lipinski definition) is 5. The lowest BCUT2D eigenvalue weighted by Crippen LogP contribution is -2.08. The van der Waals surface area contributed by atoms with Crippen molar-refractivity contribution in [2.45, 2.75) is 6.42 Å². The molecule has 0 unspecified atom stereocenters. The summed E-state index contributed by atoms with van der Waals surface area (Å²) < 4.78 is 20.5. The highest BCUT2D eigenvalue weighted by atomic mass is 19.1. The summed E-state index contributed by atoms with van der Waals surface area (Å²) >= 11 is 0. The molecular formula is C16H12FN5O. The molecule has 0 aliphatic carbocycles. The summed E-state index contributed by atoms with van der Waals surface area (Å²) in [6.45, 7) is 0. The van der Waals surface area contributed by atoms with Gasteiger partial charge >= 0.3 is 0 Å². The molecule has 23 heavy (non-hydrogen) atoms. The zero-order chi connectivity index (χ0) is 15.8. The second-order valence-electron chi connectivity index (χ2n) is 5.04. The molecule has 2 N–H and O–H groups in total. The van der Waals surface area contributed by atoms with Crippen LogP contribution in [0.3, 0.4) is 0 Å². The van der Waals surface area contributed by atoms with Gasteiger partial charge in [-0.05, 0) is 23.8 Å². The van der Waals surface area contributed by atoms with Gasteiger partial charge in [-0.2, -0.15) is 14.6 Å². The maximum absolute atomic E-state index is 13.8. The minimum Gasteiger partial charge on any atom is -0.463 e. The van der Waals surface area contributed by atoms with E-state index in [1.54, 1.807) is 42.7 Å². The number of nitrogen functional groups attached to an aromatic ring is 1. The fourth-order valence-corrected chi connectivity index (χ4v) is 2.39. The number of nitrogens with two attached hydrogens (primary N) is 1. The van der Waals surface area contributed by atoms with Gasteiger partial charge in [-0.25, -0.2) is 9.37 Å². The van der Waals surface area contributed by atoms with Crippen molar-refractivity contribution in [3.8, 4) is 11.5 Å². The van der Waals surface area contributed by atoms with E-state index in [1.165, 1.54) is 10.6 Å². The third kappa shape index (κ3) is 2.42. The Labute approximate surface area is 130 Å². The molecule has 0 saturated carbocycles. The highest BCUT2D eigenvalue weighted by molar-refractivity contribution is 5.60. The van der Waals surface area contributed by atoms with Gasteiger partial charge in [0.05, 0.1) is 6.26 Å². The van der Waals surface area contributed by atoms with E-state index in [2.05, 4.69) is 15.1 Å². The first-order valence-corrected chi connectivity index (χ1v) is 7.00. The van der Waals surface area contributed by atoms with Crippen LogP contribution in [0.2, 0.25) is 0 Å². The lowest BCUT2D eigenvalue weighted by molar-refractivity contribution is 0.579. The summed E-state index contributed by atoms with van der Waals surface area (Å²) in [7, 11) is 0. The Morgan fingerprint density at radius 2 is 2.00 bits per heavy atom. The van der Waals surface area contributed by atoms with Crippen LogP contribution in [0.5, 0.6) is 0 Å². The molecule has 6 nitrogen and oxygen atoms in total. The molecule has 1 aromatic carbocycles. The Hall–Kier alpha value is -3.22. The minimum absolute atomic E-state index is 0.194. The Kier molecular flexibility index (Phi) is 3.04. The number of benzene rings is 1. The Bertz CT molecular complexity index is 977. The summed E-state index contributed by atoms with van der Waals surface area (Å²) in [6, 6.07) is 11.8. The number of anilines is 1. The molecule has 0 radical (unpaired) electrons. The zero-order valence-electron chi connectivity index (χ0n) is 12.0. The van der Waals surface area contributed by atoms with E-state index in [-0.39, 0.29) is 18.2 Å². The largest absolute Gasteiger partial charge is 0.463 e. The van der Waals surface area contributed by atoms with E-state index >= 15 is 0 Å². The van der Waals surface area contributed by atoms with Crippen molar-refractivity contribution < 1.29 is 8.81 Å². The van der Waals surface area contributed by atoms with Crippen LogP contribution < -0.4 is 5.73 Å². The van der Waals surface area contributed by atoms with Crippen molar-refractivity contribution in [2.75, 3.05) is 5.73 Å². The first-order valence-electron chi connectivity index (χ1n) is 7.00. The molecule has 0 spiro atoms. The monoisotopic (exact) mass is 309 g/mol. The molecule has 7 heteroatoms. The zero-order valence-corrected chi connectivity index (χ0v) is 12.0. The maximum atomic E-state index is 13.8. The van der Waals surface area contributed by atoms with Crippen LogP contribution in [0, 0.1) is 5.82 Å². The quantitative estimate of drug-likeness (QED) is 0.629. The van der Waals surface area contributed by atoms with Gasteiger partial charge in [0.15, 0.2) is 11.4 Å². The lowest BCUT2D eigenvalue weighted by atomic mass is 10.1. The van der Waals surface area contributed by atoms with Crippen LogP contribution in [0.25, 0.3) is 17.1 Å². The molecule has 0 amide bonds. The summed E-state index contributed by atoms with van der Waals surface area (Å²) in [5, 5.41) is 4.32. The molecule has 0 saturated heterocycles. The van der Waals surface area contributed by atoms with Crippen LogP contribution in [0.4, 0.5) is 10.3 Å². The van der Waals surface area contributed by atoms with Gasteiger partial charge in [0, 0.05) is 12.5 Å². The van der Waals surface area contributed by atoms with Crippen LogP contribution >= 0.6 is 0 Å². The topological polar surface area (TPSA) is 82.2 Å². The number of furan rings is 1. The molecule has 4 aromatic rings. The highest BCUT2D eigenvalue weighted by Gasteiger charge is 2.13. The van der Waals surface area contributed by atoms with Gasteiger partial charge in [-0.3, -0.25) is 0 Å². The number of fused-ring (bicyclic) bond motifs is 1. The average Bonchev–Trinajstić information content (AvgIpc) is 3.18. The van der Waals surface area contributed by atoms with E-state index in [0.29, 0.717) is 28.5 Å². The van der Waals surface area contributed by atoms with Gasteiger partial charge in [-0.15, -0.1) is 0 Å². The predicted octanol–water partition coefficient (Wildman–Crippen LogP) is 2.70. The summed E-state index contributed by atoms with van der Waals surface area (Å²) in [4.78, 5) is 8.61. The molecular weight excluding hydrogens is 297 g/mol. The van der Waals surface area contributed by atoms with Crippen LogP contribution in [-0.4, -0.2) is 19.6 Å². The Balaban J connectivity index is 1.76. The Morgan fingerprint density at radius 3 is 2.78 bits per heavy atom. The van der Waals surface area contributed by atoms with Gasteiger partial charge < -0.3 is 10.2 Å². The van der Waals surface area contributed by atoms with E-state index in [1.807, 2.05) is 0 Å². The van der Waals surface area contributed by atoms with E-state index in [9.17, 15) is 4.39 Å². The van der Waals surface area contributed by atoms with Crippen LogP contribution in [0.1, 0.15) is 11.4 Å². The van der Waals surface area contributed by atoms with Crippen molar-refractivity contribution in [2.24, 2.45) is 0 Å². The second-order valence-corrected chi connectivity index (χ2v) is 5.04. The van der Waals surface area contributed by atoms with Crippen molar-refractivity contribution in [1.82, 2.24) is 19.6 Å². The number of rotatable bonds is 3. The predicted molar refractivity (Wildman–Crippen MR) is 82.1 cm³/mol. The van der Waals surface area contributed by atoms with E-state index < -0.39 is 0 Å². The van der Waals surface area contributed by atoms with Gasteiger partial charge in [0.25, 0.3) is 0 Å². The fourth-order valence-electron chi connectivity index (χ4n) is 2.39. The van der Waals surface area contributed by atoms with Crippen molar-refractivity contribution >= 4 is 11.6 Å². The van der Waals surface area contributed by atoms with Crippen LogP contribution in [-0.2, 0) is 6.42 Å². The van der Waals surface area contributed by atoms with Crippen molar-refractivity contribution in [3.05, 3.63) is 65.9 Å². The summed E-state index contributed by atoms with van der Waals surface area (Å²) in [6.07, 6.45) is 1.83. The minimum atomic E-state index is -0.292. The highest BCUT2D eigenvalue weighted by Crippen LogP contribution is 2.21. The first-order chi connectivity index (χ1) is 11.2. The number of hydrogen-bond donors (Lipinski definition) is 1. The third-order valence-corrected chi connectivity index (χ3v) is 3.47. The first kappa shape index (κ1) is 13.4. The summed E-state index contributed by atoms with van der Waals surface area (Å²) in [5.74, 6) is 0.954. The average molecular weight is 309 g/mol. The molecule has 3 aromatic heterocycles. The van der Waals surface area contributed by atoms with Crippen molar-refractivity contribution in [1.29, 1.82) is 0 Å². The van der Waals surface area contributed by atoms with Crippen molar-refractivity contribution in [3.63, 3.8) is 0 Å². The maximum Gasteiger partial charge on any atom is 0.224 e. The van der Waals surface area contributed by atoms with Crippen LogP contribution in [0.15, 0.2) is 53.1 Å². The second kappa shape index (κ2) is 5.20. The number of nitrogens with zero attached hydrogens (tertiary/aromatic N) is 4. The Morgan fingerprint density at radius 1 is 1.13 bits per heavy atom. The van der Waals surface area contributed by atoms with Gasteiger partial charge in [0.1, 0.15) is 17.3 Å². The lowest BCUT2D eigenvalue weighted by Gasteiger charge is -2.04. The molecule has 114 valence electrons. The SMILES string of the molecule is Nc1nc(Cc2ccccc2F)nc2cc(-c3ccco3)nn12. The smallest absolute Gasteiger partial charge is 0.224 e. The molecule has 0 atom stereocenters. The van der Waals surface area contributed by atoms with E-state index in [0.717, 1.165) is 0 Å². The van der Waals surface area contributed by atoms with Gasteiger partial charge in [0.2, 0.25) is 5.95 Å².